The van der Waals surface area contributed by atoms with Gasteiger partial charge in [0.15, 0.2) is 0 Å². The molecule has 1 aromatic heterocycles. The molecule has 0 aliphatic carbocycles. The summed E-state index contributed by atoms with van der Waals surface area (Å²) in [4.78, 5) is 2.19. The zero-order chi connectivity index (χ0) is 14.7. The first-order chi connectivity index (χ1) is 10.2. The lowest BCUT2D eigenvalue weighted by molar-refractivity contribution is -0.0422. The van der Waals surface area contributed by atoms with Gasteiger partial charge >= 0.3 is 0 Å². The number of hydrogen-bond donors (Lipinski definition) is 1. The standard InChI is InChI=1S/C16H18FNO2S/c17-14-3-1-12(2-4-14)15(19)9-18-6-7-20-16(10-18)13-5-8-21-11-13/h1-5,8,11,15-16,19H,6-7,9-10H2. The molecular formula is C16H18FNO2S. The third-order valence-electron chi connectivity index (χ3n) is 3.75. The molecule has 0 spiro atoms. The molecule has 0 radical (unpaired) electrons. The minimum absolute atomic E-state index is 0.0745. The predicted molar refractivity (Wildman–Crippen MR) is 80.8 cm³/mol. The smallest absolute Gasteiger partial charge is 0.123 e. The molecule has 2 aromatic rings. The van der Waals surface area contributed by atoms with Gasteiger partial charge in [-0.1, -0.05) is 12.1 Å². The topological polar surface area (TPSA) is 32.7 Å². The van der Waals surface area contributed by atoms with Gasteiger partial charge in [0.25, 0.3) is 0 Å². The van der Waals surface area contributed by atoms with Gasteiger partial charge in [0.2, 0.25) is 0 Å². The Kier molecular flexibility index (Phi) is 4.65. The lowest BCUT2D eigenvalue weighted by Gasteiger charge is -2.34. The van der Waals surface area contributed by atoms with E-state index in [4.69, 9.17) is 4.74 Å². The number of benzene rings is 1. The number of halogens is 1. The zero-order valence-corrected chi connectivity index (χ0v) is 12.4. The van der Waals surface area contributed by atoms with Crippen LogP contribution >= 0.6 is 11.3 Å². The van der Waals surface area contributed by atoms with Crippen molar-refractivity contribution in [1.82, 2.24) is 4.90 Å². The molecule has 3 rings (SSSR count). The van der Waals surface area contributed by atoms with Crippen molar-refractivity contribution in [1.29, 1.82) is 0 Å². The van der Waals surface area contributed by atoms with Gasteiger partial charge in [0, 0.05) is 19.6 Å². The summed E-state index contributed by atoms with van der Waals surface area (Å²) in [6, 6.07) is 8.11. The largest absolute Gasteiger partial charge is 0.387 e. The number of rotatable bonds is 4. The van der Waals surface area contributed by atoms with E-state index in [2.05, 4.69) is 16.3 Å². The SMILES string of the molecule is OC(CN1CCOC(c2ccsc2)C1)c1ccc(F)cc1. The first-order valence-corrected chi connectivity index (χ1v) is 7.96. The summed E-state index contributed by atoms with van der Waals surface area (Å²) in [5.41, 5.74) is 1.94. The molecule has 3 nitrogen and oxygen atoms in total. The van der Waals surface area contributed by atoms with Crippen molar-refractivity contribution in [3.8, 4) is 0 Å². The molecule has 0 bridgehead atoms. The predicted octanol–water partition coefficient (Wildman–Crippen LogP) is 2.99. The van der Waals surface area contributed by atoms with Crippen LogP contribution in [0.2, 0.25) is 0 Å². The maximum atomic E-state index is 12.9. The highest BCUT2D eigenvalue weighted by Gasteiger charge is 2.24. The van der Waals surface area contributed by atoms with Gasteiger partial charge in [-0.2, -0.15) is 11.3 Å². The molecule has 2 atom stereocenters. The number of ether oxygens (including phenoxy) is 1. The monoisotopic (exact) mass is 307 g/mol. The molecule has 0 saturated carbocycles. The van der Waals surface area contributed by atoms with Crippen LogP contribution in [0.4, 0.5) is 4.39 Å². The van der Waals surface area contributed by atoms with Gasteiger partial charge in [-0.15, -0.1) is 0 Å². The van der Waals surface area contributed by atoms with Crippen molar-refractivity contribution in [3.05, 3.63) is 58.0 Å². The Morgan fingerprint density at radius 1 is 1.33 bits per heavy atom. The van der Waals surface area contributed by atoms with Crippen molar-refractivity contribution in [2.75, 3.05) is 26.2 Å². The number of thiophene rings is 1. The van der Waals surface area contributed by atoms with Crippen molar-refractivity contribution >= 4 is 11.3 Å². The van der Waals surface area contributed by atoms with E-state index in [9.17, 15) is 9.50 Å². The van der Waals surface area contributed by atoms with Crippen molar-refractivity contribution in [3.63, 3.8) is 0 Å². The van der Waals surface area contributed by atoms with Crippen molar-refractivity contribution in [2.45, 2.75) is 12.2 Å². The van der Waals surface area contributed by atoms with E-state index in [-0.39, 0.29) is 11.9 Å². The minimum atomic E-state index is -0.605. The Bertz CT molecular complexity index is 558. The zero-order valence-electron chi connectivity index (χ0n) is 11.6. The molecule has 21 heavy (non-hydrogen) atoms. The summed E-state index contributed by atoms with van der Waals surface area (Å²) in [6.07, 6.45) is -0.530. The Morgan fingerprint density at radius 2 is 2.14 bits per heavy atom. The highest BCUT2D eigenvalue weighted by atomic mass is 32.1. The molecule has 112 valence electrons. The Morgan fingerprint density at radius 3 is 2.86 bits per heavy atom. The van der Waals surface area contributed by atoms with Crippen LogP contribution in [0.25, 0.3) is 0 Å². The quantitative estimate of drug-likeness (QED) is 0.942. The van der Waals surface area contributed by atoms with E-state index in [1.807, 2.05) is 5.38 Å². The fourth-order valence-corrected chi connectivity index (χ4v) is 3.26. The molecule has 0 amide bonds. The van der Waals surface area contributed by atoms with E-state index in [0.717, 1.165) is 18.7 Å². The first kappa shape index (κ1) is 14.7. The number of β-amino-alcohol motifs (C(OH)–C–C–N with tert-alkyl or cyclic N) is 1. The Balaban J connectivity index is 1.60. The molecule has 1 aliphatic heterocycles. The van der Waals surface area contributed by atoms with Crippen LogP contribution in [0.15, 0.2) is 41.1 Å². The second-order valence-corrected chi connectivity index (χ2v) is 6.02. The van der Waals surface area contributed by atoms with Crippen LogP contribution in [-0.2, 0) is 4.74 Å². The summed E-state index contributed by atoms with van der Waals surface area (Å²) < 4.78 is 18.7. The van der Waals surface area contributed by atoms with Crippen LogP contribution in [-0.4, -0.2) is 36.2 Å². The molecule has 1 aliphatic rings. The number of aliphatic hydroxyl groups is 1. The molecule has 1 saturated heterocycles. The molecule has 2 heterocycles. The number of morpholine rings is 1. The van der Waals surface area contributed by atoms with Gasteiger partial charge in [0.05, 0.1) is 18.8 Å². The Hall–Kier alpha value is -1.27. The summed E-state index contributed by atoms with van der Waals surface area (Å²) in [5.74, 6) is -0.283. The molecule has 2 unspecified atom stereocenters. The average Bonchev–Trinajstić information content (AvgIpc) is 3.02. The summed E-state index contributed by atoms with van der Waals surface area (Å²) >= 11 is 1.66. The second-order valence-electron chi connectivity index (χ2n) is 5.24. The van der Waals surface area contributed by atoms with E-state index in [0.29, 0.717) is 13.2 Å². The van der Waals surface area contributed by atoms with Crippen molar-refractivity contribution < 1.29 is 14.2 Å². The average molecular weight is 307 g/mol. The summed E-state index contributed by atoms with van der Waals surface area (Å²) in [6.45, 7) is 2.78. The highest BCUT2D eigenvalue weighted by molar-refractivity contribution is 7.07. The van der Waals surface area contributed by atoms with E-state index in [1.54, 1.807) is 23.5 Å². The Labute approximate surface area is 127 Å². The summed E-state index contributed by atoms with van der Waals surface area (Å²) in [7, 11) is 0. The van der Waals surface area contributed by atoms with E-state index >= 15 is 0 Å². The number of nitrogens with zero attached hydrogens (tertiary/aromatic N) is 1. The van der Waals surface area contributed by atoms with Crippen LogP contribution < -0.4 is 0 Å². The normalized spacial score (nSPS) is 21.3. The van der Waals surface area contributed by atoms with Crippen LogP contribution in [0.1, 0.15) is 23.3 Å². The summed E-state index contributed by atoms with van der Waals surface area (Å²) in [5, 5.41) is 14.4. The van der Waals surface area contributed by atoms with Crippen molar-refractivity contribution in [2.24, 2.45) is 0 Å². The van der Waals surface area contributed by atoms with E-state index in [1.165, 1.54) is 17.7 Å². The second kappa shape index (κ2) is 6.66. The van der Waals surface area contributed by atoms with Crippen LogP contribution in [0.3, 0.4) is 0 Å². The van der Waals surface area contributed by atoms with Crippen LogP contribution in [0, 0.1) is 5.82 Å². The third-order valence-corrected chi connectivity index (χ3v) is 4.45. The third kappa shape index (κ3) is 3.68. The van der Waals surface area contributed by atoms with Crippen LogP contribution in [0.5, 0.6) is 0 Å². The maximum absolute atomic E-state index is 12.9. The molecule has 1 aromatic carbocycles. The molecule has 1 fully saturated rings. The fourth-order valence-electron chi connectivity index (χ4n) is 2.56. The van der Waals surface area contributed by atoms with Gasteiger partial charge in [-0.05, 0) is 40.1 Å². The van der Waals surface area contributed by atoms with Gasteiger partial charge in [-0.3, -0.25) is 4.90 Å². The molecule has 1 N–H and O–H groups in total. The lowest BCUT2D eigenvalue weighted by Crippen LogP contribution is -2.40. The minimum Gasteiger partial charge on any atom is -0.387 e. The van der Waals surface area contributed by atoms with Gasteiger partial charge < -0.3 is 9.84 Å². The number of hydrogen-bond acceptors (Lipinski definition) is 4. The van der Waals surface area contributed by atoms with E-state index < -0.39 is 6.10 Å². The first-order valence-electron chi connectivity index (χ1n) is 7.02. The molecular weight excluding hydrogens is 289 g/mol. The number of aliphatic hydroxyl groups excluding tert-OH is 1. The lowest BCUT2D eigenvalue weighted by atomic mass is 10.1. The van der Waals surface area contributed by atoms with Gasteiger partial charge in [-0.25, -0.2) is 4.39 Å². The highest BCUT2D eigenvalue weighted by Crippen LogP contribution is 2.25. The molecule has 5 heteroatoms. The van der Waals surface area contributed by atoms with Gasteiger partial charge in [0.1, 0.15) is 5.82 Å². The maximum Gasteiger partial charge on any atom is 0.123 e. The fraction of sp³-hybridized carbons (Fsp3) is 0.375.